The van der Waals surface area contributed by atoms with E-state index in [1.165, 1.54) is 0 Å². The van der Waals surface area contributed by atoms with Crippen molar-refractivity contribution < 1.29 is 50.6 Å². The maximum atomic E-state index is 15.4. The number of hydrogen-bond donors (Lipinski definition) is 4. The summed E-state index contributed by atoms with van der Waals surface area (Å²) in [5.74, 6) is -4.48. The van der Waals surface area contributed by atoms with Crippen LogP contribution < -0.4 is 21.7 Å². The van der Waals surface area contributed by atoms with Crippen LogP contribution in [-0.4, -0.2) is 123 Å². The second-order valence-electron chi connectivity index (χ2n) is 19.9. The molecule has 4 amide bonds. The molecule has 0 saturated carbocycles. The summed E-state index contributed by atoms with van der Waals surface area (Å²) in [4.78, 5) is 68.2. The average Bonchev–Trinajstić information content (AvgIpc) is 3.62. The van der Waals surface area contributed by atoms with Gasteiger partial charge in [-0.25, -0.2) is 22.0 Å². The molecule has 1 heterocycles. The number of nitrogens with one attached hydrogen (secondary N) is 3. The van der Waals surface area contributed by atoms with Gasteiger partial charge in [0.1, 0.15) is 23.3 Å². The molecule has 3 rings (SSSR count). The Bertz CT molecular complexity index is 2260. The first-order valence-corrected chi connectivity index (χ1v) is 29.5. The van der Waals surface area contributed by atoms with Gasteiger partial charge in [0.2, 0.25) is 17.7 Å². The molecule has 2 atom stereocenters. The first-order valence-electron chi connectivity index (χ1n) is 22.8. The van der Waals surface area contributed by atoms with E-state index in [1.54, 1.807) is 37.9 Å². The number of sulfone groups is 1. The molecule has 68 heavy (non-hydrogen) atoms. The number of carbonyl (C=O) groups excluding carboxylic acids is 5. The van der Waals surface area contributed by atoms with Gasteiger partial charge < -0.3 is 40.6 Å². The van der Waals surface area contributed by atoms with E-state index in [9.17, 15) is 36.8 Å². The predicted octanol–water partition coefficient (Wildman–Crippen LogP) is 6.68. The number of hydrogen-bond acceptors (Lipinski definition) is 11. The quantitative estimate of drug-likeness (QED) is 0.0379. The van der Waals surface area contributed by atoms with E-state index in [0.29, 0.717) is 30.8 Å². The Hall–Kier alpha value is -4.79. The van der Waals surface area contributed by atoms with Crippen molar-refractivity contribution in [3.05, 3.63) is 83.7 Å². The second-order valence-corrected chi connectivity index (χ2v) is 28.9. The summed E-state index contributed by atoms with van der Waals surface area (Å²) in [7, 11) is -5.00. The van der Waals surface area contributed by atoms with E-state index in [0.717, 1.165) is 41.6 Å². The molecule has 0 spiro atoms. The summed E-state index contributed by atoms with van der Waals surface area (Å²) < 4.78 is 67.3. The molecule has 1 aromatic heterocycles. The van der Waals surface area contributed by atoms with E-state index >= 15 is 4.39 Å². The first kappa shape index (κ1) is 57.5. The van der Waals surface area contributed by atoms with Crippen molar-refractivity contribution in [3.8, 4) is 11.1 Å². The lowest BCUT2D eigenvalue weighted by molar-refractivity contribution is -0.155. The second kappa shape index (κ2) is 26.3. The SMILES string of the molecule is CC(C)(C)OC(=O)CCC(=O)NC(CSCC(=O)N(CCCNC(=O)OCC[Si](C)(C)C)C(c1cc(-c2cc(F)ccc2F)cn1Cc1ccccc1)C(C)(C)C)C(=O)NCCS(=O)(=O)CCN. The standard InChI is InChI=1S/C48H72F2N6O9S2Si/c1-47(2,3)44(40-28-35(37-29-36(49)16-17-38(37)50)31-55(40)30-34-14-11-10-12-15-34)56(23-13-21-53-46(61)64-24-27-68(7,8)9)42(58)33-66-32-39(45(60)52-22-26-67(62,63)25-20-51)54-41(57)18-19-43(59)65-48(4,5)6/h10-12,14-17,28-29,31,39,44H,13,18-27,30,32-33,51H2,1-9H3,(H,52,60)(H,53,61)(H,54,57). The Kier molecular flexibility index (Phi) is 22.2. The van der Waals surface area contributed by atoms with Crippen molar-refractivity contribution in [3.63, 3.8) is 0 Å². The highest BCUT2D eigenvalue weighted by Gasteiger charge is 2.37. The van der Waals surface area contributed by atoms with Crippen molar-refractivity contribution in [1.29, 1.82) is 0 Å². The van der Waals surface area contributed by atoms with Crippen molar-refractivity contribution in [1.82, 2.24) is 25.4 Å². The summed E-state index contributed by atoms with van der Waals surface area (Å²) in [6.45, 7) is 18.1. The van der Waals surface area contributed by atoms with Crippen LogP contribution in [-0.2, 0) is 45.0 Å². The van der Waals surface area contributed by atoms with E-state index in [4.69, 9.17) is 15.2 Å². The number of carbonyl (C=O) groups is 5. The minimum Gasteiger partial charge on any atom is -0.460 e. The fourth-order valence-corrected chi connectivity index (χ4v) is 9.71. The number of benzene rings is 2. The molecule has 15 nitrogen and oxygen atoms in total. The summed E-state index contributed by atoms with van der Waals surface area (Å²) in [6.07, 6.45) is 0.927. The number of ether oxygens (including phenoxy) is 2. The van der Waals surface area contributed by atoms with Gasteiger partial charge in [-0.05, 0) is 68.5 Å². The molecule has 0 aliphatic heterocycles. The molecule has 0 bridgehead atoms. The smallest absolute Gasteiger partial charge is 0.407 e. The summed E-state index contributed by atoms with van der Waals surface area (Å²) in [6, 6.07) is 13.4. The van der Waals surface area contributed by atoms with Crippen LogP contribution in [0.2, 0.25) is 25.7 Å². The van der Waals surface area contributed by atoms with Gasteiger partial charge in [0, 0.05) is 76.0 Å². The highest BCUT2D eigenvalue weighted by Crippen LogP contribution is 2.41. The number of aromatic nitrogens is 1. The van der Waals surface area contributed by atoms with Crippen LogP contribution in [0.15, 0.2) is 60.8 Å². The summed E-state index contributed by atoms with van der Waals surface area (Å²) >= 11 is 1.06. The predicted molar refractivity (Wildman–Crippen MR) is 266 cm³/mol. The molecular weight excluding hydrogens is 935 g/mol. The van der Waals surface area contributed by atoms with Crippen molar-refractivity contribution in [2.75, 3.05) is 55.8 Å². The molecule has 3 aromatic rings. The van der Waals surface area contributed by atoms with Gasteiger partial charge >= 0.3 is 12.1 Å². The van der Waals surface area contributed by atoms with Gasteiger partial charge in [0.05, 0.1) is 36.3 Å². The number of alkyl carbamates (subject to hydrolysis) is 1. The normalized spacial score (nSPS) is 13.0. The van der Waals surface area contributed by atoms with Crippen molar-refractivity contribution in [2.24, 2.45) is 11.1 Å². The Balaban J connectivity index is 1.99. The number of nitrogens with two attached hydrogens (primary N) is 1. The zero-order valence-electron chi connectivity index (χ0n) is 41.0. The molecule has 378 valence electrons. The highest BCUT2D eigenvalue weighted by molar-refractivity contribution is 8.00. The average molecular weight is 1010 g/mol. The maximum absolute atomic E-state index is 15.4. The Morgan fingerprint density at radius 2 is 1.60 bits per heavy atom. The number of amides is 4. The molecule has 0 radical (unpaired) electrons. The monoisotopic (exact) mass is 1010 g/mol. The summed E-state index contributed by atoms with van der Waals surface area (Å²) in [5, 5.41) is 7.98. The topological polar surface area (TPSA) is 208 Å². The fourth-order valence-electron chi connectivity index (χ4n) is 7.09. The number of nitrogens with zero attached hydrogens (tertiary/aromatic N) is 2. The van der Waals surface area contributed by atoms with Gasteiger partial charge in [-0.1, -0.05) is 70.7 Å². The molecule has 5 N–H and O–H groups in total. The lowest BCUT2D eigenvalue weighted by atomic mass is 9.83. The van der Waals surface area contributed by atoms with Crippen LogP contribution in [0, 0.1) is 17.0 Å². The Morgan fingerprint density at radius 1 is 0.912 bits per heavy atom. The molecule has 0 aliphatic carbocycles. The van der Waals surface area contributed by atoms with Crippen LogP contribution in [0.25, 0.3) is 11.1 Å². The largest absolute Gasteiger partial charge is 0.460 e. The maximum Gasteiger partial charge on any atom is 0.407 e. The molecular formula is C48H72F2N6O9S2Si. The molecule has 2 unspecified atom stereocenters. The minimum absolute atomic E-state index is 0.0467. The molecule has 20 heteroatoms. The number of rotatable bonds is 26. The van der Waals surface area contributed by atoms with Gasteiger partial charge in [-0.2, -0.15) is 0 Å². The van der Waals surface area contributed by atoms with Crippen LogP contribution in [0.1, 0.15) is 78.1 Å². The lowest BCUT2D eigenvalue weighted by Crippen LogP contribution is -2.49. The minimum atomic E-state index is -3.55. The molecule has 0 saturated heterocycles. The van der Waals surface area contributed by atoms with Crippen LogP contribution >= 0.6 is 11.8 Å². The first-order chi connectivity index (χ1) is 31.7. The van der Waals surface area contributed by atoms with E-state index in [-0.39, 0.29) is 73.5 Å². The Morgan fingerprint density at radius 3 is 2.24 bits per heavy atom. The number of thioether (sulfide) groups is 1. The molecule has 0 aliphatic rings. The van der Waals surface area contributed by atoms with E-state index < -0.39 is 76.5 Å². The third-order valence-corrected chi connectivity index (χ3v) is 14.7. The fraction of sp³-hybridized carbons (Fsp3) is 0.562. The van der Waals surface area contributed by atoms with Crippen molar-refractivity contribution in [2.45, 2.75) is 111 Å². The third kappa shape index (κ3) is 20.8. The zero-order chi connectivity index (χ0) is 50.9. The van der Waals surface area contributed by atoms with Crippen molar-refractivity contribution >= 4 is 59.5 Å². The van der Waals surface area contributed by atoms with Gasteiger partial charge in [0.25, 0.3) is 0 Å². The van der Waals surface area contributed by atoms with E-state index in [1.807, 2.05) is 55.7 Å². The highest BCUT2D eigenvalue weighted by atomic mass is 32.2. The third-order valence-electron chi connectivity index (χ3n) is 10.3. The van der Waals surface area contributed by atoms with Crippen LogP contribution in [0.5, 0.6) is 0 Å². The van der Waals surface area contributed by atoms with Gasteiger partial charge in [-0.15, -0.1) is 11.8 Å². The van der Waals surface area contributed by atoms with Crippen LogP contribution in [0.3, 0.4) is 0 Å². The van der Waals surface area contributed by atoms with Crippen LogP contribution in [0.4, 0.5) is 13.6 Å². The number of esters is 1. The molecule has 0 fully saturated rings. The summed E-state index contributed by atoms with van der Waals surface area (Å²) in [5.41, 5.74) is 5.98. The lowest BCUT2D eigenvalue weighted by Gasteiger charge is -2.41. The Labute approximate surface area is 406 Å². The van der Waals surface area contributed by atoms with Gasteiger partial charge in [0.15, 0.2) is 9.84 Å². The molecule has 2 aromatic carbocycles. The van der Waals surface area contributed by atoms with Gasteiger partial charge in [-0.3, -0.25) is 19.2 Å². The zero-order valence-corrected chi connectivity index (χ0v) is 43.7. The number of halogens is 2. The van der Waals surface area contributed by atoms with E-state index in [2.05, 4.69) is 35.6 Å².